The summed E-state index contributed by atoms with van der Waals surface area (Å²) in [6.45, 7) is 1.28. The summed E-state index contributed by atoms with van der Waals surface area (Å²) in [6.07, 6.45) is 0. The van der Waals surface area contributed by atoms with E-state index in [1.54, 1.807) is 60.7 Å². The molecule has 0 aliphatic heterocycles. The fourth-order valence-electron chi connectivity index (χ4n) is 2.36. The second-order valence-corrected chi connectivity index (χ2v) is 6.89. The quantitative estimate of drug-likeness (QED) is 0.582. The largest absolute Gasteiger partial charge is 0.426 e. The van der Waals surface area contributed by atoms with Crippen molar-refractivity contribution in [3.63, 3.8) is 0 Å². The van der Waals surface area contributed by atoms with Crippen LogP contribution < -0.4 is 9.46 Å². The number of anilines is 1. The second-order valence-electron chi connectivity index (χ2n) is 5.21. The number of para-hydroxylation sites is 1. The van der Waals surface area contributed by atoms with Gasteiger partial charge in [-0.15, -0.1) is 0 Å². The summed E-state index contributed by atoms with van der Waals surface area (Å²) >= 11 is 0. The predicted octanol–water partition coefficient (Wildman–Crippen LogP) is 3.57. The molecular weight excluding hydrogens is 326 g/mol. The van der Waals surface area contributed by atoms with Crippen LogP contribution in [0.1, 0.15) is 6.92 Å². The van der Waals surface area contributed by atoms with Crippen molar-refractivity contribution in [2.45, 2.75) is 11.8 Å². The third-order valence-corrected chi connectivity index (χ3v) is 4.75. The van der Waals surface area contributed by atoms with E-state index >= 15 is 0 Å². The van der Waals surface area contributed by atoms with Gasteiger partial charge in [-0.05, 0) is 23.6 Å². The first kappa shape index (κ1) is 16.0. The summed E-state index contributed by atoms with van der Waals surface area (Å²) in [5.41, 5.74) is 0.458. The summed E-state index contributed by atoms with van der Waals surface area (Å²) in [5.74, 6) is -0.292. The number of benzene rings is 3. The van der Waals surface area contributed by atoms with Gasteiger partial charge in [0, 0.05) is 24.1 Å². The van der Waals surface area contributed by atoms with Crippen molar-refractivity contribution < 1.29 is 17.9 Å². The van der Waals surface area contributed by atoms with Crippen LogP contribution in [0.25, 0.3) is 10.8 Å². The van der Waals surface area contributed by atoms with Crippen LogP contribution in [0.3, 0.4) is 0 Å². The molecule has 3 aromatic carbocycles. The summed E-state index contributed by atoms with van der Waals surface area (Å²) in [7, 11) is -3.80. The molecule has 0 aliphatic carbocycles. The molecule has 0 aliphatic rings. The highest BCUT2D eigenvalue weighted by atomic mass is 32.2. The zero-order chi connectivity index (χ0) is 17.2. The highest BCUT2D eigenvalue weighted by Gasteiger charge is 2.18. The van der Waals surface area contributed by atoms with Crippen LogP contribution >= 0.6 is 0 Å². The van der Waals surface area contributed by atoms with Crippen LogP contribution in [0.5, 0.6) is 5.75 Å². The van der Waals surface area contributed by atoms with Crippen LogP contribution in [0.15, 0.2) is 71.6 Å². The van der Waals surface area contributed by atoms with E-state index in [1.807, 2.05) is 0 Å². The van der Waals surface area contributed by atoms with Crippen LogP contribution in [0.4, 0.5) is 5.69 Å². The standard InChI is InChI=1S/C18H15NO4S/c1-13(20)23-18-12-16(11-14-7-5-6-10-17(14)18)24(21,22)19-15-8-3-2-4-9-15/h2-12,19H,1H3. The van der Waals surface area contributed by atoms with E-state index < -0.39 is 16.0 Å². The summed E-state index contributed by atoms with van der Waals surface area (Å²) < 4.78 is 33.0. The summed E-state index contributed by atoms with van der Waals surface area (Å²) in [5, 5.41) is 1.34. The molecule has 5 nitrogen and oxygen atoms in total. The molecule has 0 radical (unpaired) electrons. The molecule has 0 saturated carbocycles. The minimum absolute atomic E-state index is 0.0290. The number of fused-ring (bicyclic) bond motifs is 1. The molecule has 0 atom stereocenters. The van der Waals surface area contributed by atoms with E-state index in [2.05, 4.69) is 4.72 Å². The van der Waals surface area contributed by atoms with Crippen molar-refractivity contribution in [1.82, 2.24) is 0 Å². The van der Waals surface area contributed by atoms with Crippen LogP contribution in [0.2, 0.25) is 0 Å². The molecule has 0 spiro atoms. The van der Waals surface area contributed by atoms with Crippen LogP contribution in [-0.4, -0.2) is 14.4 Å². The molecule has 6 heteroatoms. The number of rotatable bonds is 4. The van der Waals surface area contributed by atoms with Crippen LogP contribution in [-0.2, 0) is 14.8 Å². The van der Waals surface area contributed by atoms with Gasteiger partial charge in [-0.1, -0.05) is 42.5 Å². The van der Waals surface area contributed by atoms with Gasteiger partial charge in [0.2, 0.25) is 0 Å². The Balaban J connectivity index is 2.10. The van der Waals surface area contributed by atoms with E-state index in [-0.39, 0.29) is 10.6 Å². The third kappa shape index (κ3) is 3.38. The highest BCUT2D eigenvalue weighted by molar-refractivity contribution is 7.92. The molecular formula is C18H15NO4S. The van der Waals surface area contributed by atoms with E-state index in [9.17, 15) is 13.2 Å². The van der Waals surface area contributed by atoms with Crippen molar-refractivity contribution >= 4 is 32.5 Å². The lowest BCUT2D eigenvalue weighted by Crippen LogP contribution is -2.13. The van der Waals surface area contributed by atoms with Gasteiger partial charge in [0.15, 0.2) is 0 Å². The lowest BCUT2D eigenvalue weighted by atomic mass is 10.1. The van der Waals surface area contributed by atoms with Gasteiger partial charge in [-0.2, -0.15) is 0 Å². The molecule has 1 N–H and O–H groups in total. The maximum Gasteiger partial charge on any atom is 0.308 e. The van der Waals surface area contributed by atoms with Crippen LogP contribution in [0, 0.1) is 0 Å². The number of sulfonamides is 1. The predicted molar refractivity (Wildman–Crippen MR) is 92.5 cm³/mol. The van der Waals surface area contributed by atoms with Crippen molar-refractivity contribution in [2.24, 2.45) is 0 Å². The number of carbonyl (C=O) groups is 1. The lowest BCUT2D eigenvalue weighted by Gasteiger charge is -2.12. The molecule has 3 aromatic rings. The van der Waals surface area contributed by atoms with Gasteiger partial charge in [-0.25, -0.2) is 8.42 Å². The fraction of sp³-hybridized carbons (Fsp3) is 0.0556. The number of nitrogens with one attached hydrogen (secondary N) is 1. The van der Waals surface area contributed by atoms with Crippen molar-refractivity contribution in [3.8, 4) is 5.75 Å². The number of ether oxygens (including phenoxy) is 1. The average Bonchev–Trinajstić information content (AvgIpc) is 2.55. The van der Waals surface area contributed by atoms with Gasteiger partial charge in [0.05, 0.1) is 4.90 Å². The zero-order valence-electron chi connectivity index (χ0n) is 12.9. The Morgan fingerprint density at radius 1 is 0.958 bits per heavy atom. The number of carbonyl (C=O) groups excluding carboxylic acids is 1. The monoisotopic (exact) mass is 341 g/mol. The Bertz CT molecular complexity index is 998. The third-order valence-electron chi connectivity index (χ3n) is 3.39. The molecule has 0 bridgehead atoms. The molecule has 0 amide bonds. The molecule has 0 unspecified atom stereocenters. The van der Waals surface area contributed by atoms with E-state index in [0.717, 1.165) is 0 Å². The Kier molecular flexibility index (Phi) is 4.22. The van der Waals surface area contributed by atoms with E-state index in [0.29, 0.717) is 16.5 Å². The highest BCUT2D eigenvalue weighted by Crippen LogP contribution is 2.30. The maximum absolute atomic E-state index is 12.6. The first-order valence-corrected chi connectivity index (χ1v) is 8.73. The summed E-state index contributed by atoms with van der Waals surface area (Å²) in [4.78, 5) is 11.4. The van der Waals surface area contributed by atoms with Crippen molar-refractivity contribution in [2.75, 3.05) is 4.72 Å². The molecule has 122 valence electrons. The Hall–Kier alpha value is -2.86. The first-order chi connectivity index (χ1) is 11.5. The van der Waals surface area contributed by atoms with E-state index in [1.165, 1.54) is 13.0 Å². The Morgan fingerprint density at radius 2 is 1.62 bits per heavy atom. The number of hydrogen-bond acceptors (Lipinski definition) is 4. The van der Waals surface area contributed by atoms with Crippen molar-refractivity contribution in [1.29, 1.82) is 0 Å². The zero-order valence-corrected chi connectivity index (χ0v) is 13.7. The molecule has 0 saturated heterocycles. The Labute approximate surface area is 139 Å². The smallest absolute Gasteiger partial charge is 0.308 e. The van der Waals surface area contributed by atoms with E-state index in [4.69, 9.17) is 4.74 Å². The molecule has 0 fully saturated rings. The van der Waals surface area contributed by atoms with Gasteiger partial charge < -0.3 is 4.74 Å². The normalized spacial score (nSPS) is 11.2. The van der Waals surface area contributed by atoms with Gasteiger partial charge in [0.1, 0.15) is 5.75 Å². The minimum atomic E-state index is -3.80. The topological polar surface area (TPSA) is 72.5 Å². The van der Waals surface area contributed by atoms with Gasteiger partial charge in [-0.3, -0.25) is 9.52 Å². The molecule has 0 heterocycles. The lowest BCUT2D eigenvalue weighted by molar-refractivity contribution is -0.131. The second kappa shape index (κ2) is 6.33. The maximum atomic E-state index is 12.6. The van der Waals surface area contributed by atoms with Gasteiger partial charge >= 0.3 is 5.97 Å². The SMILES string of the molecule is CC(=O)Oc1cc(S(=O)(=O)Nc2ccccc2)cc2ccccc12. The number of hydrogen-bond donors (Lipinski definition) is 1. The first-order valence-electron chi connectivity index (χ1n) is 7.25. The molecule has 3 rings (SSSR count). The van der Waals surface area contributed by atoms with Gasteiger partial charge in [0.25, 0.3) is 10.0 Å². The number of esters is 1. The molecule has 24 heavy (non-hydrogen) atoms. The average molecular weight is 341 g/mol. The fourth-order valence-corrected chi connectivity index (χ4v) is 3.47. The molecule has 0 aromatic heterocycles. The Morgan fingerprint density at radius 3 is 2.33 bits per heavy atom. The van der Waals surface area contributed by atoms with Crippen molar-refractivity contribution in [3.05, 3.63) is 66.7 Å². The minimum Gasteiger partial charge on any atom is -0.426 e. The summed E-state index contributed by atoms with van der Waals surface area (Å²) in [6, 6.07) is 18.6.